The van der Waals surface area contributed by atoms with Gasteiger partial charge in [0.2, 0.25) is 0 Å². The summed E-state index contributed by atoms with van der Waals surface area (Å²) in [6.07, 6.45) is -2.15. The van der Waals surface area contributed by atoms with Crippen molar-refractivity contribution >= 4 is 0 Å². The van der Waals surface area contributed by atoms with Crippen LogP contribution in [0.25, 0.3) is 0 Å². The Bertz CT molecular complexity index is 476. The van der Waals surface area contributed by atoms with Crippen LogP contribution >= 0.6 is 0 Å². The molecule has 1 fully saturated rings. The molecular weight excluding hydrogens is 259 g/mol. The Balaban J connectivity index is 2.57. The zero-order chi connectivity index (χ0) is 14.3. The summed E-state index contributed by atoms with van der Waals surface area (Å²) < 4.78 is 43.6. The molecule has 1 aromatic carbocycles. The van der Waals surface area contributed by atoms with Crippen molar-refractivity contribution in [2.75, 3.05) is 13.7 Å². The Morgan fingerprint density at radius 2 is 2.00 bits per heavy atom. The van der Waals surface area contributed by atoms with Crippen molar-refractivity contribution in [3.8, 4) is 11.5 Å². The first-order valence-corrected chi connectivity index (χ1v) is 6.03. The minimum absolute atomic E-state index is 0.162. The lowest BCUT2D eigenvalue weighted by Gasteiger charge is -2.42. The highest BCUT2D eigenvalue weighted by atomic mass is 19.4. The van der Waals surface area contributed by atoms with Gasteiger partial charge in [-0.2, -0.15) is 13.2 Å². The first kappa shape index (κ1) is 14.0. The number of phenols is 1. The zero-order valence-corrected chi connectivity index (χ0v) is 10.5. The van der Waals surface area contributed by atoms with Gasteiger partial charge in [0.25, 0.3) is 0 Å². The molecule has 0 aromatic heterocycles. The fourth-order valence-corrected chi connectivity index (χ4v) is 2.50. The number of nitrogens with two attached hydrogens (primary N) is 1. The van der Waals surface area contributed by atoms with Gasteiger partial charge in [0, 0.05) is 12.0 Å². The summed E-state index contributed by atoms with van der Waals surface area (Å²) in [5.74, 6) is -1.03. The van der Waals surface area contributed by atoms with Gasteiger partial charge in [0.1, 0.15) is 5.56 Å². The molecule has 0 saturated heterocycles. The number of alkyl halides is 3. The van der Waals surface area contributed by atoms with Crippen LogP contribution in [0.2, 0.25) is 0 Å². The van der Waals surface area contributed by atoms with Gasteiger partial charge in [-0.1, -0.05) is 6.42 Å². The summed E-state index contributed by atoms with van der Waals surface area (Å²) in [5.41, 5.74) is 4.71. The van der Waals surface area contributed by atoms with Crippen LogP contribution in [-0.4, -0.2) is 18.8 Å². The fraction of sp³-hybridized carbons (Fsp3) is 0.538. The number of hydrogen-bond acceptors (Lipinski definition) is 3. The predicted octanol–water partition coefficient (Wildman–Crippen LogP) is 2.80. The normalized spacial score (nSPS) is 17.9. The van der Waals surface area contributed by atoms with Crippen LogP contribution < -0.4 is 10.5 Å². The second kappa shape index (κ2) is 4.59. The Morgan fingerprint density at radius 1 is 1.37 bits per heavy atom. The fourth-order valence-electron chi connectivity index (χ4n) is 2.50. The third-order valence-corrected chi connectivity index (χ3v) is 3.91. The Kier molecular flexibility index (Phi) is 3.38. The highest BCUT2D eigenvalue weighted by Gasteiger charge is 2.42. The van der Waals surface area contributed by atoms with E-state index >= 15 is 0 Å². The lowest BCUT2D eigenvalue weighted by atomic mass is 9.64. The van der Waals surface area contributed by atoms with Gasteiger partial charge in [-0.05, 0) is 30.5 Å². The van der Waals surface area contributed by atoms with E-state index < -0.39 is 22.9 Å². The van der Waals surface area contributed by atoms with Crippen LogP contribution in [0.15, 0.2) is 12.1 Å². The molecule has 1 aliphatic rings. The summed E-state index contributed by atoms with van der Waals surface area (Å²) in [7, 11) is 1.23. The van der Waals surface area contributed by atoms with Crippen LogP contribution in [0.1, 0.15) is 30.4 Å². The maximum Gasteiger partial charge on any atom is 0.420 e. The molecular formula is C13H16F3NO2. The first-order chi connectivity index (χ1) is 8.84. The predicted molar refractivity (Wildman–Crippen MR) is 64.2 cm³/mol. The van der Waals surface area contributed by atoms with Crippen molar-refractivity contribution < 1.29 is 23.0 Å². The Labute approximate surface area is 109 Å². The van der Waals surface area contributed by atoms with E-state index in [2.05, 4.69) is 0 Å². The van der Waals surface area contributed by atoms with Crippen molar-refractivity contribution in [3.05, 3.63) is 23.3 Å². The average molecular weight is 275 g/mol. The average Bonchev–Trinajstić information content (AvgIpc) is 2.28. The number of ether oxygens (including phenoxy) is 1. The highest BCUT2D eigenvalue weighted by molar-refractivity contribution is 5.52. The minimum Gasteiger partial charge on any atom is -0.504 e. The lowest BCUT2D eigenvalue weighted by molar-refractivity contribution is -0.139. The first-order valence-electron chi connectivity index (χ1n) is 6.03. The molecule has 1 saturated carbocycles. The summed E-state index contributed by atoms with van der Waals surface area (Å²) in [6.45, 7) is 0.290. The molecule has 0 radical (unpaired) electrons. The molecule has 19 heavy (non-hydrogen) atoms. The molecule has 6 heteroatoms. The number of halogens is 3. The lowest BCUT2D eigenvalue weighted by Crippen LogP contribution is -2.41. The standard InChI is InChI=1S/C13H16F3NO2/c1-19-10-6-8(12(7-17)3-2-4-12)5-9(11(10)18)13(14,15)16/h5-6,18H,2-4,7,17H2,1H3. The van der Waals surface area contributed by atoms with Crippen LogP contribution in [0.3, 0.4) is 0 Å². The Morgan fingerprint density at radius 3 is 2.37 bits per heavy atom. The quantitative estimate of drug-likeness (QED) is 0.891. The van der Waals surface area contributed by atoms with Gasteiger partial charge in [0.15, 0.2) is 11.5 Å². The molecule has 3 nitrogen and oxygen atoms in total. The number of phenolic OH excluding ortho intramolecular Hbond substituents is 1. The molecule has 0 spiro atoms. The van der Waals surface area contributed by atoms with E-state index in [-0.39, 0.29) is 12.3 Å². The number of rotatable bonds is 3. The molecule has 1 aromatic rings. The molecule has 0 aliphatic heterocycles. The number of benzene rings is 1. The van der Waals surface area contributed by atoms with E-state index in [9.17, 15) is 18.3 Å². The smallest absolute Gasteiger partial charge is 0.420 e. The third kappa shape index (κ3) is 2.25. The van der Waals surface area contributed by atoms with Gasteiger partial charge in [0.05, 0.1) is 7.11 Å². The van der Waals surface area contributed by atoms with E-state index in [1.54, 1.807) is 0 Å². The van der Waals surface area contributed by atoms with Gasteiger partial charge >= 0.3 is 6.18 Å². The molecule has 0 atom stereocenters. The summed E-state index contributed by atoms with van der Waals surface area (Å²) in [4.78, 5) is 0. The molecule has 0 heterocycles. The van der Waals surface area contributed by atoms with Crippen LogP contribution in [0.4, 0.5) is 13.2 Å². The SMILES string of the molecule is COc1cc(C2(CN)CCC2)cc(C(F)(F)F)c1O. The van der Waals surface area contributed by atoms with E-state index in [4.69, 9.17) is 10.5 Å². The summed E-state index contributed by atoms with van der Waals surface area (Å²) in [6, 6.07) is 2.44. The molecule has 106 valence electrons. The molecule has 3 N–H and O–H groups in total. The Hall–Kier alpha value is -1.43. The van der Waals surface area contributed by atoms with E-state index in [0.717, 1.165) is 25.3 Å². The zero-order valence-electron chi connectivity index (χ0n) is 10.5. The van der Waals surface area contributed by atoms with Crippen molar-refractivity contribution in [2.45, 2.75) is 30.9 Å². The van der Waals surface area contributed by atoms with E-state index in [1.807, 2.05) is 0 Å². The maximum atomic E-state index is 12.9. The topological polar surface area (TPSA) is 55.5 Å². The summed E-state index contributed by atoms with van der Waals surface area (Å²) >= 11 is 0. The van der Waals surface area contributed by atoms with Crippen molar-refractivity contribution in [3.63, 3.8) is 0 Å². The molecule has 0 bridgehead atoms. The number of methoxy groups -OCH3 is 1. The number of hydrogen-bond donors (Lipinski definition) is 2. The minimum atomic E-state index is -4.62. The second-order valence-corrected chi connectivity index (χ2v) is 4.91. The highest BCUT2D eigenvalue weighted by Crippen LogP contribution is 2.48. The third-order valence-electron chi connectivity index (χ3n) is 3.91. The van der Waals surface area contributed by atoms with Crippen LogP contribution in [0, 0.1) is 0 Å². The van der Waals surface area contributed by atoms with E-state index in [1.165, 1.54) is 13.2 Å². The van der Waals surface area contributed by atoms with Gasteiger partial charge in [-0.25, -0.2) is 0 Å². The second-order valence-electron chi connectivity index (χ2n) is 4.91. The monoisotopic (exact) mass is 275 g/mol. The molecule has 0 amide bonds. The summed E-state index contributed by atoms with van der Waals surface area (Å²) in [5, 5.41) is 9.60. The van der Waals surface area contributed by atoms with Crippen LogP contribution in [-0.2, 0) is 11.6 Å². The van der Waals surface area contributed by atoms with Crippen molar-refractivity contribution in [1.29, 1.82) is 0 Å². The molecule has 0 unspecified atom stereocenters. The molecule has 2 rings (SSSR count). The molecule has 1 aliphatic carbocycles. The maximum absolute atomic E-state index is 12.9. The van der Waals surface area contributed by atoms with Gasteiger partial charge in [-0.15, -0.1) is 0 Å². The van der Waals surface area contributed by atoms with Crippen molar-refractivity contribution in [1.82, 2.24) is 0 Å². The van der Waals surface area contributed by atoms with Gasteiger partial charge < -0.3 is 15.6 Å². The largest absolute Gasteiger partial charge is 0.504 e. The van der Waals surface area contributed by atoms with Crippen molar-refractivity contribution in [2.24, 2.45) is 5.73 Å². The number of aromatic hydroxyl groups is 1. The van der Waals surface area contributed by atoms with E-state index in [0.29, 0.717) is 5.56 Å². The van der Waals surface area contributed by atoms with Gasteiger partial charge in [-0.3, -0.25) is 0 Å². The van der Waals surface area contributed by atoms with Crippen LogP contribution in [0.5, 0.6) is 11.5 Å².